The van der Waals surface area contributed by atoms with Gasteiger partial charge in [-0.1, -0.05) is 221 Å². The molecule has 0 bridgehead atoms. The van der Waals surface area contributed by atoms with E-state index in [0.717, 1.165) is 96.3 Å². The van der Waals surface area contributed by atoms with Crippen LogP contribution in [0.15, 0.2) is 85.1 Å². The Morgan fingerprint density at radius 2 is 0.721 bits per heavy atom. The van der Waals surface area contributed by atoms with E-state index in [2.05, 4.69) is 93.7 Å². The molecule has 61 heavy (non-hydrogen) atoms. The summed E-state index contributed by atoms with van der Waals surface area (Å²) in [6.45, 7) is 6.38. The minimum atomic E-state index is -0.821. The van der Waals surface area contributed by atoms with Gasteiger partial charge in [0.1, 0.15) is 13.2 Å². The molecule has 0 fully saturated rings. The van der Waals surface area contributed by atoms with E-state index in [4.69, 9.17) is 14.2 Å². The average molecular weight is 849 g/mol. The van der Waals surface area contributed by atoms with Crippen LogP contribution in [-0.2, 0) is 28.6 Å². The molecule has 1 unspecified atom stereocenters. The third kappa shape index (κ3) is 47.5. The van der Waals surface area contributed by atoms with Crippen molar-refractivity contribution in [2.45, 2.75) is 232 Å². The lowest BCUT2D eigenvalue weighted by molar-refractivity contribution is -0.166. The molecule has 0 aromatic carbocycles. The largest absolute Gasteiger partial charge is 0.462 e. The van der Waals surface area contributed by atoms with Crippen molar-refractivity contribution in [1.82, 2.24) is 0 Å². The van der Waals surface area contributed by atoms with Gasteiger partial charge in [-0.15, -0.1) is 0 Å². The molecule has 0 heterocycles. The number of hydrogen-bond acceptors (Lipinski definition) is 6. The van der Waals surface area contributed by atoms with E-state index in [0.29, 0.717) is 12.8 Å². The Morgan fingerprint density at radius 3 is 1.20 bits per heavy atom. The molecule has 0 aliphatic rings. The Balaban J connectivity index is 4.53. The van der Waals surface area contributed by atoms with Crippen LogP contribution in [0.25, 0.3) is 0 Å². The van der Waals surface area contributed by atoms with E-state index in [9.17, 15) is 14.4 Å². The lowest BCUT2D eigenvalue weighted by Crippen LogP contribution is -2.30. The summed E-state index contributed by atoms with van der Waals surface area (Å²) in [5.74, 6) is -1.06. The Morgan fingerprint density at radius 1 is 0.361 bits per heavy atom. The molecular formula is C55H92O6. The summed E-state index contributed by atoms with van der Waals surface area (Å²) >= 11 is 0. The van der Waals surface area contributed by atoms with E-state index in [1.54, 1.807) is 6.08 Å². The van der Waals surface area contributed by atoms with Crippen molar-refractivity contribution < 1.29 is 28.6 Å². The van der Waals surface area contributed by atoms with Gasteiger partial charge in [-0.05, 0) is 70.6 Å². The second-order valence-electron chi connectivity index (χ2n) is 16.4. The molecule has 6 heteroatoms. The molecule has 6 nitrogen and oxygen atoms in total. The predicted molar refractivity (Wildman–Crippen MR) is 261 cm³/mol. The second-order valence-corrected chi connectivity index (χ2v) is 16.4. The van der Waals surface area contributed by atoms with Crippen LogP contribution >= 0.6 is 0 Å². The Kier molecular flexibility index (Phi) is 46.5. The summed E-state index contributed by atoms with van der Waals surface area (Å²) in [4.78, 5) is 37.9. The molecule has 1 atom stereocenters. The molecule has 0 radical (unpaired) electrons. The van der Waals surface area contributed by atoms with Gasteiger partial charge in [0.05, 0.1) is 6.42 Å². The third-order valence-corrected chi connectivity index (χ3v) is 10.4. The molecule has 0 amide bonds. The lowest BCUT2D eigenvalue weighted by Gasteiger charge is -2.18. The molecule has 0 aromatic rings. The summed E-state index contributed by atoms with van der Waals surface area (Å²) in [7, 11) is 0. The maximum atomic E-state index is 12.8. The zero-order chi connectivity index (χ0) is 44.4. The molecule has 0 rings (SSSR count). The van der Waals surface area contributed by atoms with Crippen LogP contribution in [0.3, 0.4) is 0 Å². The topological polar surface area (TPSA) is 78.9 Å². The monoisotopic (exact) mass is 849 g/mol. The highest BCUT2D eigenvalue weighted by atomic mass is 16.6. The van der Waals surface area contributed by atoms with Crippen molar-refractivity contribution in [3.8, 4) is 0 Å². The molecule has 0 saturated heterocycles. The normalized spacial score (nSPS) is 12.8. The van der Waals surface area contributed by atoms with Gasteiger partial charge >= 0.3 is 17.9 Å². The zero-order valence-corrected chi connectivity index (χ0v) is 39.7. The van der Waals surface area contributed by atoms with Crippen LogP contribution in [0.5, 0.6) is 0 Å². The predicted octanol–water partition coefficient (Wildman–Crippen LogP) is 16.4. The molecule has 0 N–H and O–H groups in total. The van der Waals surface area contributed by atoms with Crippen LogP contribution in [0.1, 0.15) is 226 Å². The molecule has 0 spiro atoms. The van der Waals surface area contributed by atoms with Crippen LogP contribution < -0.4 is 0 Å². The number of allylic oxidation sites excluding steroid dienone is 13. The Hall–Kier alpha value is -3.41. The Labute approximate surface area is 375 Å². The highest BCUT2D eigenvalue weighted by Gasteiger charge is 2.19. The van der Waals surface area contributed by atoms with Crippen LogP contribution in [0.4, 0.5) is 0 Å². The van der Waals surface area contributed by atoms with Crippen molar-refractivity contribution in [2.75, 3.05) is 13.2 Å². The van der Waals surface area contributed by atoms with Gasteiger partial charge in [0.2, 0.25) is 0 Å². The van der Waals surface area contributed by atoms with Crippen molar-refractivity contribution in [1.29, 1.82) is 0 Å². The van der Waals surface area contributed by atoms with E-state index >= 15 is 0 Å². The molecular weight excluding hydrogens is 757 g/mol. The molecule has 0 aliphatic carbocycles. The standard InChI is InChI=1S/C55H92O6/c1-4-7-10-13-16-19-22-25-28-31-33-36-39-42-45-48-54(57)60-51-52(61-55(58)49-46-43-40-37-34-30-27-24-21-18-15-12-9-6-3)50-59-53(56)47-44-41-38-35-32-29-26-23-20-17-14-11-8-5-2/h7,10,15-16,18-19,24-25,27-28,33,36,42,45,52H,4-6,8-9,11-14,17,20-23,26,29-32,34-35,37-41,43-44,46-51H2,1-3H3/b10-7-,18-15-,19-16-,27-24-,28-25-,36-33-,45-42-. The first-order valence-corrected chi connectivity index (χ1v) is 25.1. The van der Waals surface area contributed by atoms with Gasteiger partial charge in [-0.25, -0.2) is 0 Å². The molecule has 0 saturated carbocycles. The summed E-state index contributed by atoms with van der Waals surface area (Å²) < 4.78 is 16.7. The minimum absolute atomic E-state index is 0.111. The minimum Gasteiger partial charge on any atom is -0.462 e. The first-order valence-electron chi connectivity index (χ1n) is 25.1. The van der Waals surface area contributed by atoms with Crippen LogP contribution in [-0.4, -0.2) is 37.2 Å². The smallest absolute Gasteiger partial charge is 0.309 e. The quantitative estimate of drug-likeness (QED) is 0.0263. The number of carbonyl (C=O) groups is 3. The number of ether oxygens (including phenoxy) is 3. The van der Waals surface area contributed by atoms with Gasteiger partial charge in [0.25, 0.3) is 0 Å². The second kappa shape index (κ2) is 49.2. The van der Waals surface area contributed by atoms with E-state index in [1.165, 1.54) is 89.9 Å². The summed E-state index contributed by atoms with van der Waals surface area (Å²) in [5.41, 5.74) is 0. The fourth-order valence-electron chi connectivity index (χ4n) is 6.65. The van der Waals surface area contributed by atoms with E-state index in [-0.39, 0.29) is 31.6 Å². The maximum Gasteiger partial charge on any atom is 0.309 e. The first kappa shape index (κ1) is 57.6. The fourth-order valence-corrected chi connectivity index (χ4v) is 6.65. The van der Waals surface area contributed by atoms with Gasteiger partial charge in [-0.3, -0.25) is 14.4 Å². The van der Waals surface area contributed by atoms with Crippen molar-refractivity contribution >= 4 is 17.9 Å². The number of unbranched alkanes of at least 4 members (excludes halogenated alkanes) is 20. The van der Waals surface area contributed by atoms with Crippen molar-refractivity contribution in [2.24, 2.45) is 0 Å². The SMILES string of the molecule is CC/C=C\C/C=C\C/C=C\C/C=C\C/C=C\CC(=O)OCC(COC(=O)CCCCCCCCCCCCCCCC)OC(=O)CCCCCCC/C=C\C/C=C\CCCC. The maximum absolute atomic E-state index is 12.8. The molecule has 0 aromatic heterocycles. The summed E-state index contributed by atoms with van der Waals surface area (Å²) in [5, 5.41) is 0. The molecule has 348 valence electrons. The lowest BCUT2D eigenvalue weighted by atomic mass is 10.0. The number of hydrogen-bond donors (Lipinski definition) is 0. The van der Waals surface area contributed by atoms with Crippen molar-refractivity contribution in [3.05, 3.63) is 85.1 Å². The summed E-state index contributed by atoms with van der Waals surface area (Å²) in [6.07, 6.45) is 63.0. The van der Waals surface area contributed by atoms with Gasteiger partial charge in [0, 0.05) is 12.8 Å². The zero-order valence-electron chi connectivity index (χ0n) is 39.7. The average Bonchev–Trinajstić information content (AvgIpc) is 3.26. The number of esters is 3. The third-order valence-electron chi connectivity index (χ3n) is 10.4. The van der Waals surface area contributed by atoms with E-state index in [1.807, 2.05) is 6.08 Å². The van der Waals surface area contributed by atoms with Gasteiger partial charge in [0.15, 0.2) is 6.10 Å². The van der Waals surface area contributed by atoms with E-state index < -0.39 is 12.1 Å². The number of carbonyl (C=O) groups excluding carboxylic acids is 3. The highest BCUT2D eigenvalue weighted by molar-refractivity contribution is 5.72. The van der Waals surface area contributed by atoms with Crippen LogP contribution in [0, 0.1) is 0 Å². The number of rotatable bonds is 44. The summed E-state index contributed by atoms with van der Waals surface area (Å²) in [6, 6.07) is 0. The van der Waals surface area contributed by atoms with Crippen molar-refractivity contribution in [3.63, 3.8) is 0 Å². The van der Waals surface area contributed by atoms with Crippen LogP contribution in [0.2, 0.25) is 0 Å². The first-order chi connectivity index (χ1) is 30.0. The molecule has 0 aliphatic heterocycles. The van der Waals surface area contributed by atoms with Gasteiger partial charge in [-0.2, -0.15) is 0 Å². The highest BCUT2D eigenvalue weighted by Crippen LogP contribution is 2.14. The van der Waals surface area contributed by atoms with Gasteiger partial charge < -0.3 is 14.2 Å². The fraction of sp³-hybridized carbons (Fsp3) is 0.691. The Bertz CT molecular complexity index is 1200.